The van der Waals surface area contributed by atoms with Gasteiger partial charge in [-0.3, -0.25) is 0 Å². The second kappa shape index (κ2) is 11.7. The molecular weight excluding hydrogens is 462 g/mol. The van der Waals surface area contributed by atoms with Gasteiger partial charge in [0.05, 0.1) is 6.61 Å². The lowest BCUT2D eigenvalue weighted by atomic mass is 9.79. The summed E-state index contributed by atoms with van der Waals surface area (Å²) in [5.74, 6) is 1.95. The van der Waals surface area contributed by atoms with Gasteiger partial charge in [-0.05, 0) is 43.9 Å². The quantitative estimate of drug-likeness (QED) is 0.235. The third-order valence-electron chi connectivity index (χ3n) is 6.61. The molecule has 1 heterocycles. The Morgan fingerprint density at radius 2 is 1.73 bits per heavy atom. The van der Waals surface area contributed by atoms with E-state index >= 15 is 0 Å². The predicted molar refractivity (Wildman–Crippen MR) is 145 cm³/mol. The second-order valence-electron chi connectivity index (χ2n) is 9.15. The summed E-state index contributed by atoms with van der Waals surface area (Å²) < 4.78 is 17.1. The van der Waals surface area contributed by atoms with E-state index in [0.29, 0.717) is 18.2 Å². The molecule has 1 atom stereocenters. The van der Waals surface area contributed by atoms with Crippen molar-refractivity contribution in [3.63, 3.8) is 0 Å². The number of nitrogens with zero attached hydrogens (tertiary/aromatic N) is 1. The molecule has 0 aliphatic heterocycles. The molecule has 0 saturated heterocycles. The molecule has 5 rings (SSSR count). The zero-order chi connectivity index (χ0) is 25.5. The van der Waals surface area contributed by atoms with Crippen LogP contribution in [-0.4, -0.2) is 24.2 Å². The number of carbonyl (C=O) groups is 1. The number of hydrogen-bond donors (Lipinski definition) is 0. The fourth-order valence-electron chi connectivity index (χ4n) is 4.89. The molecule has 5 nitrogen and oxygen atoms in total. The first-order valence-electron chi connectivity index (χ1n) is 12.9. The monoisotopic (exact) mass is 493 g/mol. The van der Waals surface area contributed by atoms with Gasteiger partial charge in [0.2, 0.25) is 5.89 Å². The maximum absolute atomic E-state index is 11.7. The molecule has 3 aromatic carbocycles. The summed E-state index contributed by atoms with van der Waals surface area (Å²) in [6.45, 7) is 2.04. The molecule has 1 saturated carbocycles. The molecule has 0 radical (unpaired) electrons. The minimum absolute atomic E-state index is 0.0918. The smallest absolute Gasteiger partial charge is 0.344 e. The highest BCUT2D eigenvalue weighted by Gasteiger charge is 2.23. The first kappa shape index (κ1) is 24.6. The number of esters is 1. The Balaban J connectivity index is 1.46. The molecule has 0 N–H and O–H groups in total. The normalized spacial score (nSPS) is 16.5. The molecule has 1 aromatic heterocycles. The zero-order valence-corrected chi connectivity index (χ0v) is 21.1. The van der Waals surface area contributed by atoms with Crippen molar-refractivity contribution in [3.05, 3.63) is 102 Å². The van der Waals surface area contributed by atoms with Gasteiger partial charge in [-0.15, -0.1) is 0 Å². The molecule has 1 aliphatic carbocycles. The largest absolute Gasteiger partial charge is 0.482 e. The summed E-state index contributed by atoms with van der Waals surface area (Å²) in [4.78, 5) is 16.7. The number of hydrogen-bond acceptors (Lipinski definition) is 5. The Bertz CT molecular complexity index is 1300. The van der Waals surface area contributed by atoms with Crippen molar-refractivity contribution in [2.45, 2.75) is 38.5 Å². The highest BCUT2D eigenvalue weighted by Crippen LogP contribution is 2.40. The summed E-state index contributed by atoms with van der Waals surface area (Å²) in [6.07, 6.45) is 6.45. The van der Waals surface area contributed by atoms with Crippen LogP contribution in [0.3, 0.4) is 0 Å². The zero-order valence-electron chi connectivity index (χ0n) is 21.1. The van der Waals surface area contributed by atoms with E-state index in [1.54, 1.807) is 6.92 Å². The molecular formula is C32H31NO4. The van der Waals surface area contributed by atoms with Crippen LogP contribution in [0.5, 0.6) is 5.75 Å². The van der Waals surface area contributed by atoms with Crippen LogP contribution in [0.15, 0.2) is 94.9 Å². The van der Waals surface area contributed by atoms with Gasteiger partial charge in [-0.1, -0.05) is 84.8 Å². The van der Waals surface area contributed by atoms with Gasteiger partial charge >= 0.3 is 5.97 Å². The van der Waals surface area contributed by atoms with Crippen LogP contribution in [0.25, 0.3) is 28.7 Å². The van der Waals surface area contributed by atoms with Crippen LogP contribution in [0.2, 0.25) is 0 Å². The van der Waals surface area contributed by atoms with Crippen molar-refractivity contribution in [1.29, 1.82) is 0 Å². The molecule has 1 unspecified atom stereocenters. The molecule has 0 spiro atoms. The number of aromatic nitrogens is 1. The topological polar surface area (TPSA) is 61.6 Å². The first-order valence-corrected chi connectivity index (χ1v) is 12.9. The maximum Gasteiger partial charge on any atom is 0.344 e. The lowest BCUT2D eigenvalue weighted by molar-refractivity contribution is -0.145. The SMILES string of the molecule is CCOC(=O)COc1cccc(C2CCCCC2=Cc2nc(-c3ccccc3)c(-c3ccccc3)o2)c1. The highest BCUT2D eigenvalue weighted by atomic mass is 16.6. The summed E-state index contributed by atoms with van der Waals surface area (Å²) in [7, 11) is 0. The molecule has 5 heteroatoms. The van der Waals surface area contributed by atoms with Crippen molar-refractivity contribution in [2.75, 3.05) is 13.2 Å². The number of allylic oxidation sites excluding steroid dienone is 1. The third kappa shape index (κ3) is 6.00. The van der Waals surface area contributed by atoms with E-state index < -0.39 is 0 Å². The molecule has 4 aromatic rings. The standard InChI is InChI=1S/C32H31NO4/c1-2-35-30(34)22-36-27-18-11-17-25(20-27)28-19-10-9-16-26(28)21-29-33-31(23-12-5-3-6-13-23)32(37-29)24-14-7-4-8-15-24/h3-8,11-15,17-18,20-21,28H,2,9-10,16,19,22H2,1H3. The predicted octanol–water partition coefficient (Wildman–Crippen LogP) is 7.69. The van der Waals surface area contributed by atoms with Gasteiger partial charge in [0.25, 0.3) is 0 Å². The summed E-state index contributed by atoms with van der Waals surface area (Å²) in [5.41, 5.74) is 5.35. The Kier molecular flexibility index (Phi) is 7.80. The van der Waals surface area contributed by atoms with E-state index in [0.717, 1.165) is 48.3 Å². The first-order chi connectivity index (χ1) is 18.2. The molecule has 1 fully saturated rings. The van der Waals surface area contributed by atoms with E-state index in [1.807, 2.05) is 54.6 Å². The highest BCUT2D eigenvalue weighted by molar-refractivity contribution is 5.77. The van der Waals surface area contributed by atoms with Crippen LogP contribution < -0.4 is 4.74 Å². The van der Waals surface area contributed by atoms with Crippen LogP contribution in [-0.2, 0) is 9.53 Å². The molecule has 188 valence electrons. The van der Waals surface area contributed by atoms with Crippen molar-refractivity contribution in [3.8, 4) is 28.3 Å². The average molecular weight is 494 g/mol. The van der Waals surface area contributed by atoms with E-state index in [-0.39, 0.29) is 18.5 Å². The number of oxazole rings is 1. The summed E-state index contributed by atoms with van der Waals surface area (Å²) >= 11 is 0. The Morgan fingerprint density at radius 1 is 0.973 bits per heavy atom. The number of carbonyl (C=O) groups excluding carboxylic acids is 1. The third-order valence-corrected chi connectivity index (χ3v) is 6.61. The van der Waals surface area contributed by atoms with Crippen molar-refractivity contribution in [2.24, 2.45) is 0 Å². The number of benzene rings is 3. The number of rotatable bonds is 8. The Hall–Kier alpha value is -4.12. The minimum atomic E-state index is -0.363. The molecule has 0 bridgehead atoms. The lowest BCUT2D eigenvalue weighted by Crippen LogP contribution is -2.15. The molecule has 0 amide bonds. The summed E-state index contributed by atoms with van der Waals surface area (Å²) in [5, 5.41) is 0. The van der Waals surface area contributed by atoms with Gasteiger partial charge in [0, 0.05) is 23.1 Å². The van der Waals surface area contributed by atoms with Gasteiger partial charge in [-0.25, -0.2) is 9.78 Å². The van der Waals surface area contributed by atoms with Crippen LogP contribution >= 0.6 is 0 Å². The lowest BCUT2D eigenvalue weighted by Gasteiger charge is -2.26. The van der Waals surface area contributed by atoms with Crippen molar-refractivity contribution >= 4 is 12.0 Å². The van der Waals surface area contributed by atoms with Crippen LogP contribution in [0.1, 0.15) is 50.0 Å². The van der Waals surface area contributed by atoms with E-state index in [4.69, 9.17) is 18.9 Å². The summed E-state index contributed by atoms with van der Waals surface area (Å²) in [6, 6.07) is 28.3. The van der Waals surface area contributed by atoms with E-state index in [1.165, 1.54) is 11.1 Å². The fourth-order valence-corrected chi connectivity index (χ4v) is 4.89. The minimum Gasteiger partial charge on any atom is -0.482 e. The van der Waals surface area contributed by atoms with Gasteiger partial charge in [-0.2, -0.15) is 0 Å². The van der Waals surface area contributed by atoms with Crippen LogP contribution in [0, 0.1) is 0 Å². The van der Waals surface area contributed by atoms with Gasteiger partial charge in [0.15, 0.2) is 12.4 Å². The van der Waals surface area contributed by atoms with Crippen LogP contribution in [0.4, 0.5) is 0 Å². The molecule has 1 aliphatic rings. The van der Waals surface area contributed by atoms with Crippen molar-refractivity contribution < 1.29 is 18.7 Å². The van der Waals surface area contributed by atoms with Gasteiger partial charge < -0.3 is 13.9 Å². The van der Waals surface area contributed by atoms with E-state index in [2.05, 4.69) is 36.4 Å². The van der Waals surface area contributed by atoms with E-state index in [9.17, 15) is 4.79 Å². The Morgan fingerprint density at radius 3 is 2.49 bits per heavy atom. The maximum atomic E-state index is 11.7. The molecule has 37 heavy (non-hydrogen) atoms. The average Bonchev–Trinajstić information content (AvgIpc) is 3.37. The number of ether oxygens (including phenoxy) is 2. The van der Waals surface area contributed by atoms with Crippen molar-refractivity contribution in [1.82, 2.24) is 4.98 Å². The van der Waals surface area contributed by atoms with Gasteiger partial charge in [0.1, 0.15) is 11.4 Å². The Labute approximate surface area is 217 Å². The second-order valence-corrected chi connectivity index (χ2v) is 9.15. The fraction of sp³-hybridized carbons (Fsp3) is 0.250.